The standard InChI is InChI=1S/C16H17ClN2O4/c1-22-16(21)15-6-12(20)8-19(15)9-13-7-14(18-23-13)10-2-4-11(17)5-3-10/h2-5,7,12,15,20H,6,8-9H2,1H3/t12-,15-/m0/s1. The average molecular weight is 337 g/mol. The van der Waals surface area contributed by atoms with Gasteiger partial charge in [0.1, 0.15) is 11.7 Å². The van der Waals surface area contributed by atoms with Crippen molar-refractivity contribution in [3.63, 3.8) is 0 Å². The van der Waals surface area contributed by atoms with Gasteiger partial charge in [-0.3, -0.25) is 9.69 Å². The van der Waals surface area contributed by atoms with Crippen LogP contribution in [0.25, 0.3) is 11.3 Å². The molecule has 0 amide bonds. The molecule has 1 aliphatic rings. The molecule has 2 atom stereocenters. The number of hydrogen-bond donors (Lipinski definition) is 1. The fraction of sp³-hybridized carbons (Fsp3) is 0.375. The predicted octanol–water partition coefficient (Wildman–Crippen LogP) is 2.10. The van der Waals surface area contributed by atoms with Crippen LogP contribution >= 0.6 is 11.6 Å². The van der Waals surface area contributed by atoms with Crippen molar-refractivity contribution in [1.29, 1.82) is 0 Å². The van der Waals surface area contributed by atoms with Gasteiger partial charge in [0.05, 0.1) is 19.8 Å². The zero-order valence-electron chi connectivity index (χ0n) is 12.6. The number of aromatic nitrogens is 1. The zero-order chi connectivity index (χ0) is 16.4. The summed E-state index contributed by atoms with van der Waals surface area (Å²) in [5, 5.41) is 14.5. The Morgan fingerprint density at radius 1 is 1.48 bits per heavy atom. The van der Waals surface area contributed by atoms with Crippen LogP contribution in [0.3, 0.4) is 0 Å². The molecule has 122 valence electrons. The molecular formula is C16H17ClN2O4. The highest BCUT2D eigenvalue weighted by atomic mass is 35.5. The largest absolute Gasteiger partial charge is 0.468 e. The zero-order valence-corrected chi connectivity index (χ0v) is 13.4. The lowest BCUT2D eigenvalue weighted by molar-refractivity contribution is -0.146. The van der Waals surface area contributed by atoms with Crippen molar-refractivity contribution in [1.82, 2.24) is 10.1 Å². The van der Waals surface area contributed by atoms with Crippen molar-refractivity contribution in [2.75, 3.05) is 13.7 Å². The Bertz CT molecular complexity index is 686. The molecule has 1 aromatic heterocycles. The van der Waals surface area contributed by atoms with Crippen molar-refractivity contribution >= 4 is 17.6 Å². The van der Waals surface area contributed by atoms with Gasteiger partial charge < -0.3 is 14.4 Å². The highest BCUT2D eigenvalue weighted by Gasteiger charge is 2.37. The molecule has 0 radical (unpaired) electrons. The first-order valence-electron chi connectivity index (χ1n) is 7.28. The number of nitrogens with zero attached hydrogens (tertiary/aromatic N) is 2. The van der Waals surface area contributed by atoms with Crippen LogP contribution in [0.2, 0.25) is 5.02 Å². The number of halogens is 1. The molecule has 0 saturated carbocycles. The maximum Gasteiger partial charge on any atom is 0.323 e. The normalized spacial score (nSPS) is 21.5. The minimum Gasteiger partial charge on any atom is -0.468 e. The van der Waals surface area contributed by atoms with Crippen molar-refractivity contribution in [3.05, 3.63) is 41.1 Å². The summed E-state index contributed by atoms with van der Waals surface area (Å²) in [5.74, 6) is 0.275. The third kappa shape index (κ3) is 3.55. The minimum atomic E-state index is -0.544. The second kappa shape index (κ2) is 6.70. The van der Waals surface area contributed by atoms with E-state index in [-0.39, 0.29) is 5.97 Å². The molecule has 1 saturated heterocycles. The van der Waals surface area contributed by atoms with Crippen molar-refractivity contribution < 1.29 is 19.2 Å². The maximum atomic E-state index is 11.8. The van der Waals surface area contributed by atoms with E-state index in [4.69, 9.17) is 20.9 Å². The molecule has 0 bridgehead atoms. The van der Waals surface area contributed by atoms with Crippen LogP contribution in [0, 0.1) is 0 Å². The third-order valence-corrected chi connectivity index (χ3v) is 4.16. The fourth-order valence-corrected chi connectivity index (χ4v) is 2.91. The van der Waals surface area contributed by atoms with Gasteiger partial charge >= 0.3 is 5.97 Å². The summed E-state index contributed by atoms with van der Waals surface area (Å²) >= 11 is 5.87. The molecule has 0 aliphatic carbocycles. The number of rotatable bonds is 4. The number of esters is 1. The summed E-state index contributed by atoms with van der Waals surface area (Å²) in [6.07, 6.45) is -0.178. The number of aliphatic hydroxyl groups is 1. The molecule has 2 aromatic rings. The Kier molecular flexibility index (Phi) is 4.66. The van der Waals surface area contributed by atoms with Gasteiger partial charge in [-0.1, -0.05) is 28.9 Å². The van der Waals surface area contributed by atoms with Gasteiger partial charge in [0.25, 0.3) is 0 Å². The molecule has 1 aliphatic heterocycles. The van der Waals surface area contributed by atoms with Crippen LogP contribution in [0.4, 0.5) is 0 Å². The Hall–Kier alpha value is -1.89. The number of likely N-dealkylation sites (tertiary alicyclic amines) is 1. The lowest BCUT2D eigenvalue weighted by atomic mass is 10.1. The summed E-state index contributed by atoms with van der Waals surface area (Å²) in [4.78, 5) is 13.6. The molecule has 7 heteroatoms. The molecule has 1 fully saturated rings. The second-order valence-corrected chi connectivity index (χ2v) is 5.98. The molecule has 2 heterocycles. The van der Waals surface area contributed by atoms with Crippen molar-refractivity contribution in [3.8, 4) is 11.3 Å². The topological polar surface area (TPSA) is 75.8 Å². The Morgan fingerprint density at radius 2 is 2.22 bits per heavy atom. The summed E-state index contributed by atoms with van der Waals surface area (Å²) < 4.78 is 10.1. The molecule has 1 aromatic carbocycles. The lowest BCUT2D eigenvalue weighted by Gasteiger charge is -2.20. The number of carbonyl (C=O) groups excluding carboxylic acids is 1. The van der Waals surface area contributed by atoms with E-state index in [9.17, 15) is 9.90 Å². The van der Waals surface area contributed by atoms with Gasteiger partial charge in [-0.2, -0.15) is 0 Å². The first-order valence-corrected chi connectivity index (χ1v) is 7.66. The Labute approximate surface area is 138 Å². The van der Waals surface area contributed by atoms with E-state index in [0.717, 1.165) is 5.56 Å². The van der Waals surface area contributed by atoms with Crippen molar-refractivity contribution in [2.45, 2.75) is 25.1 Å². The second-order valence-electron chi connectivity index (χ2n) is 5.54. The average Bonchev–Trinajstić information content (AvgIpc) is 3.14. The van der Waals surface area contributed by atoms with Crippen LogP contribution in [0.15, 0.2) is 34.9 Å². The van der Waals surface area contributed by atoms with Crippen LogP contribution in [0.5, 0.6) is 0 Å². The molecule has 0 unspecified atom stereocenters. The van der Waals surface area contributed by atoms with E-state index in [2.05, 4.69) is 5.16 Å². The number of ether oxygens (including phenoxy) is 1. The molecule has 6 nitrogen and oxygen atoms in total. The van der Waals surface area contributed by atoms with Gasteiger partial charge in [-0.15, -0.1) is 0 Å². The SMILES string of the molecule is COC(=O)[C@@H]1C[C@H](O)CN1Cc1cc(-c2ccc(Cl)cc2)no1. The van der Waals surface area contributed by atoms with E-state index < -0.39 is 12.1 Å². The number of carbonyl (C=O) groups is 1. The van der Waals surface area contributed by atoms with E-state index >= 15 is 0 Å². The number of benzene rings is 1. The molecule has 23 heavy (non-hydrogen) atoms. The molecular weight excluding hydrogens is 320 g/mol. The quantitative estimate of drug-likeness (QED) is 0.862. The smallest absolute Gasteiger partial charge is 0.323 e. The minimum absolute atomic E-state index is 0.348. The van der Waals surface area contributed by atoms with Gasteiger partial charge in [0, 0.05) is 29.6 Å². The summed E-state index contributed by atoms with van der Waals surface area (Å²) in [6.45, 7) is 0.786. The molecule has 3 rings (SSSR count). The summed E-state index contributed by atoms with van der Waals surface area (Å²) in [6, 6.07) is 8.66. The van der Waals surface area contributed by atoms with Gasteiger partial charge in [0.15, 0.2) is 5.76 Å². The van der Waals surface area contributed by atoms with Gasteiger partial charge in [0.2, 0.25) is 0 Å². The van der Waals surface area contributed by atoms with E-state index in [1.807, 2.05) is 23.1 Å². The first kappa shape index (κ1) is 16.0. The molecule has 0 spiro atoms. The van der Waals surface area contributed by atoms with Gasteiger partial charge in [-0.05, 0) is 12.1 Å². The maximum absolute atomic E-state index is 11.8. The third-order valence-electron chi connectivity index (χ3n) is 3.91. The van der Waals surface area contributed by atoms with Crippen molar-refractivity contribution in [2.24, 2.45) is 0 Å². The van der Waals surface area contributed by atoms with Crippen LogP contribution < -0.4 is 0 Å². The van der Waals surface area contributed by atoms with Crippen LogP contribution in [-0.2, 0) is 16.1 Å². The van der Waals surface area contributed by atoms with E-state index in [0.29, 0.717) is 36.0 Å². The van der Waals surface area contributed by atoms with E-state index in [1.54, 1.807) is 12.1 Å². The Balaban J connectivity index is 1.73. The van der Waals surface area contributed by atoms with Crippen LogP contribution in [0.1, 0.15) is 12.2 Å². The highest BCUT2D eigenvalue weighted by Crippen LogP contribution is 2.25. The number of β-amino-alcohol motifs (C(OH)–C–C–N with tert-alkyl or cyclic N) is 1. The number of aliphatic hydroxyl groups excluding tert-OH is 1. The number of methoxy groups -OCH3 is 1. The van der Waals surface area contributed by atoms with E-state index in [1.165, 1.54) is 7.11 Å². The summed E-state index contributed by atoms with van der Waals surface area (Å²) in [7, 11) is 1.35. The monoisotopic (exact) mass is 336 g/mol. The summed E-state index contributed by atoms with van der Waals surface area (Å²) in [5.41, 5.74) is 1.60. The highest BCUT2D eigenvalue weighted by molar-refractivity contribution is 6.30. The predicted molar refractivity (Wildman–Crippen MR) is 83.8 cm³/mol. The fourth-order valence-electron chi connectivity index (χ4n) is 2.78. The lowest BCUT2D eigenvalue weighted by Crippen LogP contribution is -2.36. The van der Waals surface area contributed by atoms with Crippen LogP contribution in [-0.4, -0.2) is 46.9 Å². The van der Waals surface area contributed by atoms with Gasteiger partial charge in [-0.25, -0.2) is 0 Å². The number of hydrogen-bond acceptors (Lipinski definition) is 6. The Morgan fingerprint density at radius 3 is 2.91 bits per heavy atom. The first-order chi connectivity index (χ1) is 11.1. The molecule has 1 N–H and O–H groups in total.